The summed E-state index contributed by atoms with van der Waals surface area (Å²) < 4.78 is 30.5. The summed E-state index contributed by atoms with van der Waals surface area (Å²) in [7, 11) is 6.58. The number of fused-ring (bicyclic) bond motifs is 3. The lowest BCUT2D eigenvalue weighted by molar-refractivity contribution is 0.324. The Morgan fingerprint density at radius 1 is 0.912 bits per heavy atom. The molecule has 34 heavy (non-hydrogen) atoms. The third kappa shape index (κ3) is 3.67. The van der Waals surface area contributed by atoms with Crippen molar-refractivity contribution < 1.29 is 23.5 Å². The van der Waals surface area contributed by atoms with Gasteiger partial charge in [0.25, 0.3) is 0 Å². The molecule has 0 amide bonds. The molecule has 0 spiro atoms. The minimum absolute atomic E-state index is 0.570. The molecule has 0 saturated heterocycles. The monoisotopic (exact) mass is 460 g/mol. The minimum atomic E-state index is 0.570. The van der Waals surface area contributed by atoms with E-state index >= 15 is 0 Å². The molecule has 2 aromatic carbocycles. The largest absolute Gasteiger partial charge is 0.496 e. The zero-order valence-electron chi connectivity index (χ0n) is 19.9. The van der Waals surface area contributed by atoms with E-state index in [9.17, 15) is 0 Å². The van der Waals surface area contributed by atoms with Gasteiger partial charge >= 0.3 is 0 Å². The number of para-hydroxylation sites is 1. The van der Waals surface area contributed by atoms with Gasteiger partial charge in [-0.15, -0.1) is 0 Å². The molecule has 7 nitrogen and oxygen atoms in total. The van der Waals surface area contributed by atoms with Crippen LogP contribution in [0.4, 0.5) is 0 Å². The number of nitrogens with zero attached hydrogens (tertiary/aromatic N) is 2. The maximum absolute atomic E-state index is 5.73. The van der Waals surface area contributed by atoms with Crippen LogP contribution in [0.25, 0.3) is 22.6 Å². The van der Waals surface area contributed by atoms with Gasteiger partial charge < -0.3 is 28.0 Å². The van der Waals surface area contributed by atoms with Gasteiger partial charge in [-0.3, -0.25) is 0 Å². The summed E-state index contributed by atoms with van der Waals surface area (Å²) in [6.45, 7) is 0.631. The topological polar surface area (TPSA) is 67.9 Å². The van der Waals surface area contributed by atoms with E-state index in [1.54, 1.807) is 28.4 Å². The van der Waals surface area contributed by atoms with E-state index in [4.69, 9.17) is 23.5 Å². The van der Waals surface area contributed by atoms with Crippen LogP contribution in [0.15, 0.2) is 53.3 Å². The predicted octanol–water partition coefficient (Wildman–Crippen LogP) is 5.38. The van der Waals surface area contributed by atoms with Crippen LogP contribution in [0.5, 0.6) is 23.0 Å². The quantitative estimate of drug-likeness (QED) is 0.369. The van der Waals surface area contributed by atoms with Crippen molar-refractivity contribution in [3.05, 3.63) is 65.5 Å². The predicted molar refractivity (Wildman–Crippen MR) is 129 cm³/mol. The zero-order chi connectivity index (χ0) is 23.7. The second kappa shape index (κ2) is 9.17. The Balaban J connectivity index is 1.75. The second-order valence-corrected chi connectivity index (χ2v) is 8.26. The van der Waals surface area contributed by atoms with E-state index in [-0.39, 0.29) is 0 Å². The highest BCUT2D eigenvalue weighted by Crippen LogP contribution is 2.45. The summed E-state index contributed by atoms with van der Waals surface area (Å²) in [5.74, 6) is 3.50. The van der Waals surface area contributed by atoms with Gasteiger partial charge in [0.05, 0.1) is 46.9 Å². The lowest BCUT2D eigenvalue weighted by Gasteiger charge is -2.17. The Hall–Kier alpha value is -3.87. The Morgan fingerprint density at radius 2 is 1.65 bits per heavy atom. The van der Waals surface area contributed by atoms with Crippen LogP contribution in [-0.2, 0) is 19.4 Å². The molecule has 0 unspecified atom stereocenters. The molecular formula is C27H28N2O5. The molecule has 0 fully saturated rings. The fourth-order valence-electron chi connectivity index (χ4n) is 4.86. The fraction of sp³-hybridized carbons (Fsp3) is 0.296. The molecule has 5 rings (SSSR count). The minimum Gasteiger partial charge on any atom is -0.496 e. The van der Waals surface area contributed by atoms with Gasteiger partial charge in [-0.05, 0) is 43.0 Å². The molecule has 0 atom stereocenters. The summed E-state index contributed by atoms with van der Waals surface area (Å²) in [4.78, 5) is 0. The van der Waals surface area contributed by atoms with Crippen LogP contribution in [-0.4, -0.2) is 38.2 Å². The van der Waals surface area contributed by atoms with Crippen LogP contribution in [0.3, 0.4) is 0 Å². The first-order valence-corrected chi connectivity index (χ1v) is 11.3. The smallest absolute Gasteiger partial charge is 0.203 e. The van der Waals surface area contributed by atoms with E-state index < -0.39 is 0 Å². The summed E-state index contributed by atoms with van der Waals surface area (Å²) in [6.07, 6.45) is 6.87. The first-order valence-electron chi connectivity index (χ1n) is 11.3. The van der Waals surface area contributed by atoms with Crippen LogP contribution < -0.4 is 18.9 Å². The van der Waals surface area contributed by atoms with E-state index in [1.807, 2.05) is 36.5 Å². The zero-order valence-corrected chi connectivity index (χ0v) is 19.9. The Kier molecular flexibility index (Phi) is 5.92. The lowest BCUT2D eigenvalue weighted by Crippen LogP contribution is -2.04. The van der Waals surface area contributed by atoms with Gasteiger partial charge in [0, 0.05) is 28.5 Å². The number of aromatic nitrogens is 2. The molecule has 0 N–H and O–H groups in total. The highest BCUT2D eigenvalue weighted by Gasteiger charge is 2.27. The molecule has 2 aromatic heterocycles. The fourth-order valence-corrected chi connectivity index (χ4v) is 4.86. The molecule has 2 heterocycles. The van der Waals surface area contributed by atoms with Gasteiger partial charge in [-0.2, -0.15) is 0 Å². The van der Waals surface area contributed by atoms with Gasteiger partial charge in [0.1, 0.15) is 5.75 Å². The Labute approximate surface area is 198 Å². The van der Waals surface area contributed by atoms with Crippen molar-refractivity contribution in [2.24, 2.45) is 0 Å². The highest BCUT2D eigenvalue weighted by molar-refractivity contribution is 5.80. The molecule has 0 radical (unpaired) electrons. The highest BCUT2D eigenvalue weighted by atomic mass is 16.5. The number of methoxy groups -OCH3 is 4. The third-order valence-corrected chi connectivity index (χ3v) is 6.42. The summed E-state index contributed by atoms with van der Waals surface area (Å²) in [6, 6.07) is 12.1. The first-order chi connectivity index (χ1) is 16.7. The lowest BCUT2D eigenvalue weighted by atomic mass is 10.00. The Morgan fingerprint density at radius 3 is 2.35 bits per heavy atom. The normalized spacial score (nSPS) is 12.5. The van der Waals surface area contributed by atoms with Gasteiger partial charge in [0.2, 0.25) is 5.75 Å². The van der Waals surface area contributed by atoms with Crippen LogP contribution in [0.2, 0.25) is 0 Å². The standard InChI is InChI=1S/C27H28N2O5/c1-30-22-11-6-5-8-18(22)15-29-16-21-20(10-7-9-17-14-28-34-26(17)21)25(29)19-12-23(31-2)27(33-4)24(13-19)32-3/h5-6,8,11-14,16H,7,9-10,15H2,1-4H3. The average Bonchev–Trinajstić information content (AvgIpc) is 3.44. The van der Waals surface area contributed by atoms with Crippen molar-refractivity contribution in [1.82, 2.24) is 9.72 Å². The summed E-state index contributed by atoms with van der Waals surface area (Å²) >= 11 is 0. The SMILES string of the molecule is COc1ccccc1Cn1cc2c(c1-c1cc(OC)c(OC)c(OC)c1)CCCc1cnoc1-2. The van der Waals surface area contributed by atoms with Gasteiger partial charge in [0.15, 0.2) is 17.3 Å². The van der Waals surface area contributed by atoms with Crippen molar-refractivity contribution >= 4 is 0 Å². The van der Waals surface area contributed by atoms with E-state index in [0.717, 1.165) is 58.7 Å². The number of hydrogen-bond donors (Lipinski definition) is 0. The van der Waals surface area contributed by atoms with Crippen LogP contribution in [0.1, 0.15) is 23.1 Å². The van der Waals surface area contributed by atoms with Crippen LogP contribution in [0, 0.1) is 0 Å². The molecule has 176 valence electrons. The molecular weight excluding hydrogens is 432 g/mol. The molecule has 0 aliphatic heterocycles. The van der Waals surface area contributed by atoms with Gasteiger partial charge in [-0.25, -0.2) is 0 Å². The number of rotatable bonds is 7. The van der Waals surface area contributed by atoms with Crippen molar-refractivity contribution in [3.8, 4) is 45.6 Å². The average molecular weight is 461 g/mol. The number of benzene rings is 2. The summed E-state index contributed by atoms with van der Waals surface area (Å²) in [5.41, 5.74) is 6.59. The van der Waals surface area contributed by atoms with Crippen molar-refractivity contribution in [3.63, 3.8) is 0 Å². The molecule has 4 aromatic rings. The van der Waals surface area contributed by atoms with Crippen molar-refractivity contribution in [2.45, 2.75) is 25.8 Å². The number of hydrogen-bond acceptors (Lipinski definition) is 6. The van der Waals surface area contributed by atoms with E-state index in [2.05, 4.69) is 22.0 Å². The van der Waals surface area contributed by atoms with E-state index in [0.29, 0.717) is 23.8 Å². The second-order valence-electron chi connectivity index (χ2n) is 8.26. The molecule has 1 aliphatic carbocycles. The van der Waals surface area contributed by atoms with Crippen molar-refractivity contribution in [2.75, 3.05) is 28.4 Å². The summed E-state index contributed by atoms with van der Waals surface area (Å²) in [5, 5.41) is 4.08. The molecule has 7 heteroatoms. The first kappa shape index (κ1) is 21.9. The van der Waals surface area contributed by atoms with Crippen LogP contribution >= 0.6 is 0 Å². The molecule has 0 bridgehead atoms. The molecule has 0 saturated carbocycles. The van der Waals surface area contributed by atoms with E-state index in [1.165, 1.54) is 5.56 Å². The third-order valence-electron chi connectivity index (χ3n) is 6.42. The van der Waals surface area contributed by atoms with Gasteiger partial charge in [-0.1, -0.05) is 23.4 Å². The number of aryl methyl sites for hydroxylation is 1. The number of ether oxygens (including phenoxy) is 4. The Bertz CT molecular complexity index is 1300. The maximum atomic E-state index is 5.73. The molecule has 1 aliphatic rings. The maximum Gasteiger partial charge on any atom is 0.203 e. The van der Waals surface area contributed by atoms with Crippen molar-refractivity contribution in [1.29, 1.82) is 0 Å².